The van der Waals surface area contributed by atoms with Crippen molar-refractivity contribution in [2.24, 2.45) is 0 Å². The van der Waals surface area contributed by atoms with Crippen LogP contribution in [-0.4, -0.2) is 7.11 Å². The van der Waals surface area contributed by atoms with Crippen LogP contribution < -0.4 is 4.74 Å². The van der Waals surface area contributed by atoms with Crippen LogP contribution in [0.15, 0.2) is 48.5 Å². The lowest BCUT2D eigenvalue weighted by Gasteiger charge is -2.10. The van der Waals surface area contributed by atoms with Gasteiger partial charge in [-0.3, -0.25) is 0 Å². The molecule has 0 fully saturated rings. The lowest BCUT2D eigenvalue weighted by Crippen LogP contribution is -2.00. The summed E-state index contributed by atoms with van der Waals surface area (Å²) in [7, 11) is 1.64. The number of methoxy groups -OCH3 is 1. The third-order valence-electron chi connectivity index (χ3n) is 3.23. The molecule has 0 amide bonds. The normalized spacial score (nSPS) is 11.6. The van der Waals surface area contributed by atoms with Crippen LogP contribution in [0.25, 0.3) is 0 Å². The van der Waals surface area contributed by atoms with E-state index in [0.29, 0.717) is 0 Å². The van der Waals surface area contributed by atoms with Crippen molar-refractivity contribution in [1.82, 2.24) is 0 Å². The van der Waals surface area contributed by atoms with Crippen molar-refractivity contribution in [2.45, 2.75) is 19.3 Å². The SMILES string of the molecule is COc1ccc(C(C#N)Cc2ccc(C)cc2)cc1. The van der Waals surface area contributed by atoms with E-state index in [2.05, 4.69) is 37.3 Å². The fourth-order valence-corrected chi connectivity index (χ4v) is 2.03. The monoisotopic (exact) mass is 251 g/mol. The highest BCUT2D eigenvalue weighted by Crippen LogP contribution is 2.22. The largest absolute Gasteiger partial charge is 0.497 e. The quantitative estimate of drug-likeness (QED) is 0.826. The van der Waals surface area contributed by atoms with E-state index in [1.807, 2.05) is 24.3 Å². The highest BCUT2D eigenvalue weighted by atomic mass is 16.5. The number of rotatable bonds is 4. The molecular weight excluding hydrogens is 234 g/mol. The van der Waals surface area contributed by atoms with E-state index < -0.39 is 0 Å². The standard InChI is InChI=1S/C17H17NO/c1-13-3-5-14(6-4-13)11-16(12-18)15-7-9-17(19-2)10-8-15/h3-10,16H,11H2,1-2H3. The van der Waals surface area contributed by atoms with Crippen molar-refractivity contribution in [3.63, 3.8) is 0 Å². The summed E-state index contributed by atoms with van der Waals surface area (Å²) in [5.41, 5.74) is 3.46. The number of nitrogens with zero attached hydrogens (tertiary/aromatic N) is 1. The lowest BCUT2D eigenvalue weighted by atomic mass is 9.93. The smallest absolute Gasteiger partial charge is 0.118 e. The average Bonchev–Trinajstić information content (AvgIpc) is 2.47. The minimum atomic E-state index is -0.117. The van der Waals surface area contributed by atoms with Gasteiger partial charge in [-0.1, -0.05) is 42.0 Å². The summed E-state index contributed by atoms with van der Waals surface area (Å²) in [6.45, 7) is 2.06. The molecule has 0 saturated heterocycles. The Kier molecular flexibility index (Phi) is 4.20. The topological polar surface area (TPSA) is 33.0 Å². The molecule has 0 saturated carbocycles. The van der Waals surface area contributed by atoms with Gasteiger partial charge in [0, 0.05) is 0 Å². The zero-order valence-electron chi connectivity index (χ0n) is 11.3. The maximum absolute atomic E-state index is 9.34. The lowest BCUT2D eigenvalue weighted by molar-refractivity contribution is 0.414. The van der Waals surface area contributed by atoms with Crippen molar-refractivity contribution >= 4 is 0 Å². The third kappa shape index (κ3) is 3.35. The number of nitriles is 1. The van der Waals surface area contributed by atoms with Crippen LogP contribution in [0.4, 0.5) is 0 Å². The molecule has 1 unspecified atom stereocenters. The number of aryl methyl sites for hydroxylation is 1. The molecule has 2 aromatic rings. The average molecular weight is 251 g/mol. The van der Waals surface area contributed by atoms with Gasteiger partial charge < -0.3 is 4.74 Å². The van der Waals surface area contributed by atoms with Gasteiger partial charge in [0.05, 0.1) is 19.1 Å². The molecule has 0 aromatic heterocycles. The second-order valence-electron chi connectivity index (χ2n) is 4.64. The fraction of sp³-hybridized carbons (Fsp3) is 0.235. The molecule has 19 heavy (non-hydrogen) atoms. The van der Waals surface area contributed by atoms with Gasteiger partial charge in [-0.05, 0) is 36.6 Å². The van der Waals surface area contributed by atoms with Crippen molar-refractivity contribution in [3.05, 3.63) is 65.2 Å². The summed E-state index contributed by atoms with van der Waals surface area (Å²) in [6.07, 6.45) is 0.739. The molecule has 2 heteroatoms. The fourth-order valence-electron chi connectivity index (χ4n) is 2.03. The molecule has 0 bridgehead atoms. The molecule has 1 atom stereocenters. The molecule has 0 radical (unpaired) electrons. The van der Waals surface area contributed by atoms with Gasteiger partial charge in [0.2, 0.25) is 0 Å². The first kappa shape index (κ1) is 13.2. The van der Waals surface area contributed by atoms with E-state index >= 15 is 0 Å². The summed E-state index contributed by atoms with van der Waals surface area (Å²) in [4.78, 5) is 0. The summed E-state index contributed by atoms with van der Waals surface area (Å²) in [6, 6.07) is 18.4. The first-order chi connectivity index (χ1) is 9.22. The Morgan fingerprint density at radius 2 is 1.68 bits per heavy atom. The van der Waals surface area contributed by atoms with E-state index in [1.165, 1.54) is 11.1 Å². The van der Waals surface area contributed by atoms with E-state index in [4.69, 9.17) is 4.74 Å². The van der Waals surface area contributed by atoms with Crippen molar-refractivity contribution in [1.29, 1.82) is 5.26 Å². The van der Waals surface area contributed by atoms with Gasteiger partial charge in [0.1, 0.15) is 5.75 Å². The molecule has 0 N–H and O–H groups in total. The van der Waals surface area contributed by atoms with Crippen LogP contribution in [0, 0.1) is 18.3 Å². The molecule has 0 aliphatic rings. The summed E-state index contributed by atoms with van der Waals surface area (Å²) < 4.78 is 5.13. The molecule has 0 spiro atoms. The molecule has 0 aliphatic heterocycles. The second-order valence-corrected chi connectivity index (χ2v) is 4.64. The van der Waals surface area contributed by atoms with E-state index in [1.54, 1.807) is 7.11 Å². The summed E-state index contributed by atoms with van der Waals surface area (Å²) in [5, 5.41) is 9.34. The molecule has 2 aromatic carbocycles. The number of hydrogen-bond acceptors (Lipinski definition) is 2. The van der Waals surface area contributed by atoms with Crippen molar-refractivity contribution in [3.8, 4) is 11.8 Å². The second kappa shape index (κ2) is 6.06. The Morgan fingerprint density at radius 1 is 1.05 bits per heavy atom. The van der Waals surface area contributed by atoms with Crippen molar-refractivity contribution < 1.29 is 4.74 Å². The number of benzene rings is 2. The van der Waals surface area contributed by atoms with Gasteiger partial charge in [-0.2, -0.15) is 5.26 Å². The van der Waals surface area contributed by atoms with Crippen LogP contribution in [0.5, 0.6) is 5.75 Å². The van der Waals surface area contributed by atoms with Gasteiger partial charge in [-0.25, -0.2) is 0 Å². The summed E-state index contributed by atoms with van der Waals surface area (Å²) >= 11 is 0. The van der Waals surface area contributed by atoms with Crippen LogP contribution in [0.2, 0.25) is 0 Å². The van der Waals surface area contributed by atoms with Gasteiger partial charge in [0.15, 0.2) is 0 Å². The predicted molar refractivity (Wildman–Crippen MR) is 76.2 cm³/mol. The molecule has 2 rings (SSSR count). The first-order valence-electron chi connectivity index (χ1n) is 6.32. The maximum Gasteiger partial charge on any atom is 0.118 e. The van der Waals surface area contributed by atoms with Crippen LogP contribution in [0.1, 0.15) is 22.6 Å². The molecule has 0 aliphatic carbocycles. The van der Waals surface area contributed by atoms with Crippen LogP contribution >= 0.6 is 0 Å². The van der Waals surface area contributed by atoms with E-state index in [0.717, 1.165) is 17.7 Å². The molecule has 2 nitrogen and oxygen atoms in total. The first-order valence-corrected chi connectivity index (χ1v) is 6.32. The summed E-state index contributed by atoms with van der Waals surface area (Å²) in [5.74, 6) is 0.699. The Balaban J connectivity index is 2.15. The molecule has 96 valence electrons. The van der Waals surface area contributed by atoms with Gasteiger partial charge in [-0.15, -0.1) is 0 Å². The number of hydrogen-bond donors (Lipinski definition) is 0. The van der Waals surface area contributed by atoms with Gasteiger partial charge >= 0.3 is 0 Å². The number of ether oxygens (including phenoxy) is 1. The highest BCUT2D eigenvalue weighted by molar-refractivity contribution is 5.34. The van der Waals surface area contributed by atoms with Crippen LogP contribution in [0.3, 0.4) is 0 Å². The van der Waals surface area contributed by atoms with Crippen molar-refractivity contribution in [2.75, 3.05) is 7.11 Å². The van der Waals surface area contributed by atoms with Crippen LogP contribution in [-0.2, 0) is 6.42 Å². The Labute approximate surface area is 114 Å². The predicted octanol–water partition coefficient (Wildman–Crippen LogP) is 3.85. The van der Waals surface area contributed by atoms with E-state index in [-0.39, 0.29) is 5.92 Å². The third-order valence-corrected chi connectivity index (χ3v) is 3.23. The zero-order chi connectivity index (χ0) is 13.7. The van der Waals surface area contributed by atoms with E-state index in [9.17, 15) is 5.26 Å². The Bertz CT molecular complexity index is 564. The maximum atomic E-state index is 9.34. The minimum Gasteiger partial charge on any atom is -0.497 e. The Hall–Kier alpha value is -2.27. The van der Waals surface area contributed by atoms with Gasteiger partial charge in [0.25, 0.3) is 0 Å². The zero-order valence-corrected chi connectivity index (χ0v) is 11.3. The molecule has 0 heterocycles. The Morgan fingerprint density at radius 3 is 2.21 bits per heavy atom. The minimum absolute atomic E-state index is 0.117. The molecular formula is C17H17NO. The highest BCUT2D eigenvalue weighted by Gasteiger charge is 2.11.